The zero-order valence-corrected chi connectivity index (χ0v) is 10.7. The Hall–Kier alpha value is -0.570. The van der Waals surface area contributed by atoms with Crippen LogP contribution in [-0.2, 0) is 0 Å². The minimum Gasteiger partial charge on any atom is -0.391 e. The summed E-state index contributed by atoms with van der Waals surface area (Å²) >= 11 is 6.11. The van der Waals surface area contributed by atoms with Gasteiger partial charge in [-0.15, -0.1) is 0 Å². The molecule has 0 heterocycles. The lowest BCUT2D eigenvalue weighted by molar-refractivity contribution is 0.0618. The fraction of sp³-hybridized carbons (Fsp3) is 0.571. The van der Waals surface area contributed by atoms with Crippen molar-refractivity contribution in [1.29, 1.82) is 0 Å². The molecule has 0 spiro atoms. The zero-order valence-electron chi connectivity index (χ0n) is 9.98. The smallest absolute Gasteiger partial charge is 0.0761 e. The highest BCUT2D eigenvalue weighted by atomic mass is 35.5. The summed E-state index contributed by atoms with van der Waals surface area (Å²) in [4.78, 5) is 0. The fourth-order valence-electron chi connectivity index (χ4n) is 2.70. The Kier molecular flexibility index (Phi) is 4.43. The van der Waals surface area contributed by atoms with Crippen LogP contribution in [0.5, 0.6) is 0 Å². The second-order valence-electron chi connectivity index (χ2n) is 4.94. The molecule has 17 heavy (non-hydrogen) atoms. The second-order valence-corrected chi connectivity index (χ2v) is 5.34. The van der Waals surface area contributed by atoms with Crippen molar-refractivity contribution in [2.45, 2.75) is 44.2 Å². The van der Waals surface area contributed by atoms with E-state index in [-0.39, 0.29) is 6.04 Å². The van der Waals surface area contributed by atoms with Crippen molar-refractivity contribution in [3.8, 4) is 0 Å². The van der Waals surface area contributed by atoms with Crippen molar-refractivity contribution in [2.24, 2.45) is 11.7 Å². The Balaban J connectivity index is 2.08. The Morgan fingerprint density at radius 1 is 1.18 bits per heavy atom. The number of aliphatic hydroxyl groups is 1. The molecule has 2 rings (SSSR count). The predicted molar refractivity (Wildman–Crippen MR) is 71.0 cm³/mol. The van der Waals surface area contributed by atoms with Crippen LogP contribution in [0.2, 0.25) is 5.02 Å². The monoisotopic (exact) mass is 253 g/mol. The summed E-state index contributed by atoms with van der Waals surface area (Å²) in [7, 11) is 0. The number of aliphatic hydroxyl groups excluding tert-OH is 1. The van der Waals surface area contributed by atoms with Gasteiger partial charge >= 0.3 is 0 Å². The number of rotatable bonds is 3. The first-order valence-electron chi connectivity index (χ1n) is 6.38. The van der Waals surface area contributed by atoms with E-state index in [0.717, 1.165) is 18.4 Å². The third-order valence-corrected chi connectivity index (χ3v) is 4.11. The van der Waals surface area contributed by atoms with Gasteiger partial charge in [-0.25, -0.2) is 0 Å². The third kappa shape index (κ3) is 3.01. The molecule has 1 saturated carbocycles. The molecule has 3 N–H and O–H groups in total. The molecule has 0 saturated heterocycles. The number of benzene rings is 1. The van der Waals surface area contributed by atoms with Crippen LogP contribution < -0.4 is 5.73 Å². The van der Waals surface area contributed by atoms with E-state index in [0.29, 0.717) is 10.9 Å². The van der Waals surface area contributed by atoms with Gasteiger partial charge in [0.05, 0.1) is 12.1 Å². The lowest BCUT2D eigenvalue weighted by Crippen LogP contribution is -2.34. The Labute approximate surface area is 108 Å². The van der Waals surface area contributed by atoms with Crippen molar-refractivity contribution >= 4 is 11.6 Å². The van der Waals surface area contributed by atoms with E-state index in [1.165, 1.54) is 19.3 Å². The zero-order chi connectivity index (χ0) is 12.3. The average molecular weight is 254 g/mol. The lowest BCUT2D eigenvalue weighted by atomic mass is 9.81. The maximum absolute atomic E-state index is 10.3. The minimum atomic E-state index is -0.477. The van der Waals surface area contributed by atoms with Crippen LogP contribution in [0, 0.1) is 5.92 Å². The summed E-state index contributed by atoms with van der Waals surface area (Å²) in [6, 6.07) is 7.15. The summed E-state index contributed by atoms with van der Waals surface area (Å²) in [5.41, 5.74) is 6.99. The molecule has 1 aliphatic carbocycles. The summed E-state index contributed by atoms with van der Waals surface area (Å²) in [5, 5.41) is 11.0. The highest BCUT2D eigenvalue weighted by Crippen LogP contribution is 2.33. The van der Waals surface area contributed by atoms with Crippen molar-refractivity contribution in [3.63, 3.8) is 0 Å². The lowest BCUT2D eigenvalue weighted by Gasteiger charge is -2.30. The van der Waals surface area contributed by atoms with Gasteiger partial charge in [0.25, 0.3) is 0 Å². The molecule has 2 atom stereocenters. The van der Waals surface area contributed by atoms with Gasteiger partial charge < -0.3 is 10.8 Å². The normalized spacial score (nSPS) is 21.1. The second kappa shape index (κ2) is 5.85. The van der Waals surface area contributed by atoms with E-state index in [1.54, 1.807) is 0 Å². The summed E-state index contributed by atoms with van der Waals surface area (Å²) in [5.74, 6) is 0.329. The highest BCUT2D eigenvalue weighted by Gasteiger charge is 2.28. The Morgan fingerprint density at radius 3 is 2.47 bits per heavy atom. The van der Waals surface area contributed by atoms with Gasteiger partial charge in [-0.05, 0) is 30.4 Å². The van der Waals surface area contributed by atoms with E-state index in [1.807, 2.05) is 24.3 Å². The van der Waals surface area contributed by atoms with Gasteiger partial charge in [0.15, 0.2) is 0 Å². The molecule has 1 aromatic carbocycles. The Bertz CT molecular complexity index is 363. The first-order valence-corrected chi connectivity index (χ1v) is 6.76. The highest BCUT2D eigenvalue weighted by molar-refractivity contribution is 6.31. The molecule has 3 heteroatoms. The average Bonchev–Trinajstić information content (AvgIpc) is 2.39. The van der Waals surface area contributed by atoms with E-state index < -0.39 is 6.10 Å². The maximum Gasteiger partial charge on any atom is 0.0761 e. The van der Waals surface area contributed by atoms with Gasteiger partial charge in [-0.1, -0.05) is 49.1 Å². The van der Waals surface area contributed by atoms with Gasteiger partial charge in [-0.3, -0.25) is 0 Å². The first-order chi connectivity index (χ1) is 8.20. The van der Waals surface area contributed by atoms with Crippen LogP contribution in [0.3, 0.4) is 0 Å². The van der Waals surface area contributed by atoms with Crippen LogP contribution in [0.4, 0.5) is 0 Å². The van der Waals surface area contributed by atoms with Crippen LogP contribution in [0.1, 0.15) is 43.7 Å². The number of nitrogens with two attached hydrogens (primary N) is 1. The number of hydrogen-bond acceptors (Lipinski definition) is 2. The molecule has 0 amide bonds. The first kappa shape index (κ1) is 12.9. The minimum absolute atomic E-state index is 0.329. The Morgan fingerprint density at radius 2 is 1.82 bits per heavy atom. The van der Waals surface area contributed by atoms with Crippen molar-refractivity contribution in [1.82, 2.24) is 0 Å². The number of hydrogen-bond donors (Lipinski definition) is 2. The molecule has 1 aromatic rings. The maximum atomic E-state index is 10.3. The van der Waals surface area contributed by atoms with Crippen LogP contribution >= 0.6 is 11.6 Å². The molecule has 1 fully saturated rings. The van der Waals surface area contributed by atoms with Gasteiger partial charge in [-0.2, -0.15) is 0 Å². The molecule has 0 bridgehead atoms. The predicted octanol–water partition coefficient (Wildman–Crippen LogP) is 3.28. The molecule has 0 aromatic heterocycles. The van der Waals surface area contributed by atoms with E-state index >= 15 is 0 Å². The molecule has 0 radical (unpaired) electrons. The summed E-state index contributed by atoms with van der Waals surface area (Å²) < 4.78 is 0. The van der Waals surface area contributed by atoms with Gasteiger partial charge in [0.1, 0.15) is 0 Å². The topological polar surface area (TPSA) is 46.2 Å². The quantitative estimate of drug-likeness (QED) is 0.869. The van der Waals surface area contributed by atoms with Crippen molar-refractivity contribution in [2.75, 3.05) is 0 Å². The molecule has 1 aliphatic rings. The summed E-state index contributed by atoms with van der Waals surface area (Å²) in [6.07, 6.45) is 5.38. The molecule has 94 valence electrons. The van der Waals surface area contributed by atoms with Gasteiger partial charge in [0, 0.05) is 5.02 Å². The molecule has 0 unspecified atom stereocenters. The number of halogens is 1. The molecular formula is C14H20ClNO. The van der Waals surface area contributed by atoms with E-state index in [9.17, 15) is 5.11 Å². The van der Waals surface area contributed by atoms with Crippen LogP contribution in [0.25, 0.3) is 0 Å². The standard InChI is InChI=1S/C14H20ClNO/c15-12-9-5-4-8-11(12)13(16)14(17)10-6-2-1-3-7-10/h4-5,8-10,13-14,17H,1-3,6-7,16H2/t13-,14+/m0/s1. The van der Waals surface area contributed by atoms with E-state index in [2.05, 4.69) is 0 Å². The summed E-state index contributed by atoms with van der Waals surface area (Å²) in [6.45, 7) is 0. The van der Waals surface area contributed by atoms with E-state index in [4.69, 9.17) is 17.3 Å². The third-order valence-electron chi connectivity index (χ3n) is 3.77. The SMILES string of the molecule is N[C@@H](c1ccccc1Cl)[C@H](O)C1CCCCC1. The van der Waals surface area contributed by atoms with Crippen molar-refractivity contribution in [3.05, 3.63) is 34.9 Å². The molecule has 0 aliphatic heterocycles. The van der Waals surface area contributed by atoms with Crippen LogP contribution in [-0.4, -0.2) is 11.2 Å². The molecular weight excluding hydrogens is 234 g/mol. The van der Waals surface area contributed by atoms with Gasteiger partial charge in [0.2, 0.25) is 0 Å². The largest absolute Gasteiger partial charge is 0.391 e. The molecule has 2 nitrogen and oxygen atoms in total. The van der Waals surface area contributed by atoms with Crippen LogP contribution in [0.15, 0.2) is 24.3 Å². The van der Waals surface area contributed by atoms with Crippen molar-refractivity contribution < 1.29 is 5.11 Å². The fourth-order valence-corrected chi connectivity index (χ4v) is 2.96.